The van der Waals surface area contributed by atoms with E-state index >= 15 is 0 Å². The van der Waals surface area contributed by atoms with E-state index in [1.165, 1.54) is 0 Å². The Morgan fingerprint density at radius 3 is 1.92 bits per heavy atom. The molecular weight excluding hydrogens is 466 g/mol. The lowest BCUT2D eigenvalue weighted by atomic mass is 10.0. The number of ether oxygens (including phenoxy) is 2. The monoisotopic (exact) mass is 505 g/mol. The Morgan fingerprint density at radius 2 is 1.30 bits per heavy atom. The van der Waals surface area contributed by atoms with E-state index < -0.39 is 6.04 Å². The summed E-state index contributed by atoms with van der Waals surface area (Å²) in [7, 11) is 0. The molecule has 1 N–H and O–H groups in total. The number of benzene rings is 2. The molecular formula is C31H39NO5. The lowest BCUT2D eigenvalue weighted by molar-refractivity contribution is -0.146. The summed E-state index contributed by atoms with van der Waals surface area (Å²) >= 11 is 0. The average molecular weight is 506 g/mol. The third-order valence-electron chi connectivity index (χ3n) is 6.30. The minimum Gasteiger partial charge on any atom is -0.464 e. The zero-order valence-electron chi connectivity index (χ0n) is 22.0. The molecule has 0 radical (unpaired) electrons. The van der Waals surface area contributed by atoms with Gasteiger partial charge in [0.2, 0.25) is 0 Å². The van der Waals surface area contributed by atoms with E-state index in [9.17, 15) is 14.4 Å². The highest BCUT2D eigenvalue weighted by atomic mass is 16.5. The third-order valence-corrected chi connectivity index (χ3v) is 6.30. The zero-order chi connectivity index (χ0) is 26.5. The van der Waals surface area contributed by atoms with E-state index in [0.717, 1.165) is 56.1 Å². The Hall–Kier alpha value is -3.41. The lowest BCUT2D eigenvalue weighted by Crippen LogP contribution is -2.42. The number of amides is 1. The first kappa shape index (κ1) is 28.2. The van der Waals surface area contributed by atoms with Gasteiger partial charge in [-0.05, 0) is 60.6 Å². The lowest BCUT2D eigenvalue weighted by Gasteiger charge is -2.19. The third kappa shape index (κ3) is 9.87. The Balaban J connectivity index is 1.77. The van der Waals surface area contributed by atoms with Crippen molar-refractivity contribution in [2.45, 2.75) is 71.3 Å². The van der Waals surface area contributed by atoms with Crippen molar-refractivity contribution in [3.8, 4) is 0 Å². The molecule has 4 bridgehead atoms. The molecule has 0 aliphatic carbocycles. The van der Waals surface area contributed by atoms with E-state index in [1.54, 1.807) is 24.3 Å². The van der Waals surface area contributed by atoms with Crippen LogP contribution < -0.4 is 5.32 Å². The maximum Gasteiger partial charge on any atom is 0.338 e. The molecule has 1 aliphatic heterocycles. The van der Waals surface area contributed by atoms with Crippen molar-refractivity contribution in [2.75, 3.05) is 13.2 Å². The van der Waals surface area contributed by atoms with Crippen molar-refractivity contribution in [3.63, 3.8) is 0 Å². The smallest absolute Gasteiger partial charge is 0.338 e. The number of hydrogen-bond donors (Lipinski definition) is 1. The van der Waals surface area contributed by atoms with Crippen LogP contribution in [0.3, 0.4) is 0 Å². The number of nitrogens with one attached hydrogen (secondary N) is 1. The van der Waals surface area contributed by atoms with Gasteiger partial charge in [0.15, 0.2) is 0 Å². The summed E-state index contributed by atoms with van der Waals surface area (Å²) in [6.07, 6.45) is 11.2. The summed E-state index contributed by atoms with van der Waals surface area (Å²) in [5.41, 5.74) is 2.68. The highest BCUT2D eigenvalue weighted by Gasteiger charge is 2.24. The Morgan fingerprint density at radius 1 is 0.757 bits per heavy atom. The molecule has 37 heavy (non-hydrogen) atoms. The molecule has 1 amide bonds. The quantitative estimate of drug-likeness (QED) is 0.475. The molecule has 6 nitrogen and oxygen atoms in total. The minimum atomic E-state index is -0.681. The van der Waals surface area contributed by atoms with Crippen LogP contribution in [0.4, 0.5) is 0 Å². The molecule has 0 spiro atoms. The molecule has 0 unspecified atom stereocenters. The van der Waals surface area contributed by atoms with Crippen molar-refractivity contribution in [2.24, 2.45) is 5.92 Å². The van der Waals surface area contributed by atoms with Gasteiger partial charge in [-0.25, -0.2) is 9.59 Å². The number of fused-ring (bicyclic) bond motifs is 4. The molecule has 198 valence electrons. The number of rotatable bonds is 2. The normalized spacial score (nSPS) is 19.8. The topological polar surface area (TPSA) is 81.7 Å². The van der Waals surface area contributed by atoms with Gasteiger partial charge in [-0.2, -0.15) is 0 Å². The number of carbonyl (C=O) groups is 3. The van der Waals surface area contributed by atoms with E-state index in [2.05, 4.69) is 5.32 Å². The predicted molar refractivity (Wildman–Crippen MR) is 146 cm³/mol. The Bertz CT molecular complexity index is 1070. The highest BCUT2D eigenvalue weighted by Crippen LogP contribution is 2.15. The second kappa shape index (κ2) is 15.0. The SMILES string of the molecule is CC(C)C[C@@H]1NC(=O)c2cccc(c2)/C=C\c2cccc(c2)C(=O)OCCCCCCCCCOC1=O. The average Bonchev–Trinajstić information content (AvgIpc) is 2.89. The zero-order valence-corrected chi connectivity index (χ0v) is 22.0. The summed E-state index contributed by atoms with van der Waals surface area (Å²) in [5, 5.41) is 2.88. The van der Waals surface area contributed by atoms with Crippen molar-refractivity contribution in [1.82, 2.24) is 5.32 Å². The molecule has 1 heterocycles. The van der Waals surface area contributed by atoms with Gasteiger partial charge < -0.3 is 14.8 Å². The molecule has 3 rings (SSSR count). The van der Waals surface area contributed by atoms with E-state index in [-0.39, 0.29) is 23.8 Å². The van der Waals surface area contributed by atoms with Gasteiger partial charge in [0.1, 0.15) is 6.04 Å². The van der Waals surface area contributed by atoms with Crippen molar-refractivity contribution in [3.05, 3.63) is 70.8 Å². The van der Waals surface area contributed by atoms with Crippen molar-refractivity contribution >= 4 is 30.0 Å². The highest BCUT2D eigenvalue weighted by molar-refractivity contribution is 5.97. The first-order valence-electron chi connectivity index (χ1n) is 13.4. The van der Waals surface area contributed by atoms with Crippen molar-refractivity contribution < 1.29 is 23.9 Å². The van der Waals surface area contributed by atoms with Crippen LogP contribution in [0, 0.1) is 5.92 Å². The maximum atomic E-state index is 13.0. The van der Waals surface area contributed by atoms with Crippen LogP contribution in [-0.4, -0.2) is 37.1 Å². The van der Waals surface area contributed by atoms with Crippen LogP contribution in [0.1, 0.15) is 97.1 Å². The summed E-state index contributed by atoms with van der Waals surface area (Å²) in [5.74, 6) is -0.764. The Labute approximate surface area is 220 Å². The molecule has 0 aromatic heterocycles. The summed E-state index contributed by atoms with van der Waals surface area (Å²) in [4.78, 5) is 38.2. The standard InChI is InChI=1S/C31H39NO5/c1-23(2)20-28-31(35)37-19-9-7-5-3-4-6-8-18-36-30(34)27-15-11-13-25(22-27)17-16-24-12-10-14-26(21-24)29(33)32-28/h10-17,21-23,28H,3-9,18-20H2,1-2H3,(H,32,33)/b17-16-/t28-/m0/s1. The fraction of sp³-hybridized carbons (Fsp3) is 0.452. The van der Waals surface area contributed by atoms with Crippen LogP contribution in [-0.2, 0) is 14.3 Å². The number of esters is 2. The predicted octanol–water partition coefficient (Wildman–Crippen LogP) is 6.45. The minimum absolute atomic E-state index is 0.229. The molecule has 1 aliphatic rings. The first-order chi connectivity index (χ1) is 17.9. The first-order valence-corrected chi connectivity index (χ1v) is 13.4. The van der Waals surface area contributed by atoms with Gasteiger partial charge in [-0.3, -0.25) is 4.79 Å². The van der Waals surface area contributed by atoms with Gasteiger partial charge in [0, 0.05) is 5.56 Å². The number of carbonyl (C=O) groups excluding carboxylic acids is 3. The number of cyclic esters (lactones) is 2. The van der Waals surface area contributed by atoms with Crippen LogP contribution in [0.2, 0.25) is 0 Å². The summed E-state index contributed by atoms with van der Waals surface area (Å²) in [6, 6.07) is 13.8. The summed E-state index contributed by atoms with van der Waals surface area (Å²) < 4.78 is 11.0. The largest absolute Gasteiger partial charge is 0.464 e. The van der Waals surface area contributed by atoms with Gasteiger partial charge in [0.25, 0.3) is 5.91 Å². The van der Waals surface area contributed by atoms with Crippen LogP contribution >= 0.6 is 0 Å². The second-order valence-electron chi connectivity index (χ2n) is 10.0. The molecule has 6 heteroatoms. The van der Waals surface area contributed by atoms with E-state index in [0.29, 0.717) is 30.8 Å². The molecule has 1 atom stereocenters. The molecule has 0 saturated heterocycles. The molecule has 2 aromatic carbocycles. The fourth-order valence-corrected chi connectivity index (χ4v) is 4.28. The second-order valence-corrected chi connectivity index (χ2v) is 10.0. The van der Waals surface area contributed by atoms with Crippen LogP contribution in [0.15, 0.2) is 48.5 Å². The van der Waals surface area contributed by atoms with Crippen molar-refractivity contribution in [1.29, 1.82) is 0 Å². The van der Waals surface area contributed by atoms with Gasteiger partial charge in [0.05, 0.1) is 18.8 Å². The Kier molecular flexibility index (Phi) is 11.4. The van der Waals surface area contributed by atoms with Gasteiger partial charge in [-0.15, -0.1) is 0 Å². The fourth-order valence-electron chi connectivity index (χ4n) is 4.28. The maximum absolute atomic E-state index is 13.0. The summed E-state index contributed by atoms with van der Waals surface area (Å²) in [6.45, 7) is 4.82. The van der Waals surface area contributed by atoms with E-state index in [4.69, 9.17) is 9.47 Å². The van der Waals surface area contributed by atoms with Gasteiger partial charge >= 0.3 is 11.9 Å². The van der Waals surface area contributed by atoms with Gasteiger partial charge in [-0.1, -0.05) is 82.4 Å². The molecule has 2 aromatic rings. The van der Waals surface area contributed by atoms with E-state index in [1.807, 2.05) is 50.3 Å². The molecule has 0 saturated carbocycles. The number of hydrogen-bond acceptors (Lipinski definition) is 5. The van der Waals surface area contributed by atoms with Crippen LogP contribution in [0.5, 0.6) is 0 Å². The molecule has 0 fully saturated rings. The van der Waals surface area contributed by atoms with Crippen LogP contribution in [0.25, 0.3) is 12.2 Å².